The van der Waals surface area contributed by atoms with E-state index in [-0.39, 0.29) is 32.1 Å². The van der Waals surface area contributed by atoms with Crippen LogP contribution in [0.3, 0.4) is 0 Å². The molecular formula is C25H34N2O9S. The Balaban J connectivity index is 1.95. The number of rotatable bonds is 10. The molecule has 0 radical (unpaired) electrons. The minimum atomic E-state index is -2.90. The molecule has 2 fully saturated rings. The second kappa shape index (κ2) is 11.5. The third kappa shape index (κ3) is 5.17. The Morgan fingerprint density at radius 1 is 1.03 bits per heavy atom. The molecule has 0 bridgehead atoms. The zero-order chi connectivity index (χ0) is 27.4. The number of ether oxygens (including phenoxy) is 3. The number of aliphatic hydroxyl groups is 1. The van der Waals surface area contributed by atoms with Crippen molar-refractivity contribution in [3.63, 3.8) is 0 Å². The van der Waals surface area contributed by atoms with Crippen molar-refractivity contribution < 1.29 is 43.3 Å². The summed E-state index contributed by atoms with van der Waals surface area (Å²) in [6.07, 6.45) is -0.0415. The molecule has 2 saturated heterocycles. The molecule has 2 heterocycles. The molecule has 0 aliphatic carbocycles. The third-order valence-corrected chi connectivity index (χ3v) is 11.5. The maximum atomic E-state index is 14.1. The van der Waals surface area contributed by atoms with Crippen LogP contribution in [0, 0.1) is 0 Å². The molecule has 0 aromatic heterocycles. The predicted octanol–water partition coefficient (Wildman–Crippen LogP) is 1.75. The first kappa shape index (κ1) is 28.5. The van der Waals surface area contributed by atoms with Gasteiger partial charge in [0, 0.05) is 4.75 Å². The van der Waals surface area contributed by atoms with Crippen molar-refractivity contribution in [3.05, 3.63) is 35.9 Å². The Morgan fingerprint density at radius 3 is 2.08 bits per heavy atom. The van der Waals surface area contributed by atoms with Crippen molar-refractivity contribution in [2.24, 2.45) is 0 Å². The summed E-state index contributed by atoms with van der Waals surface area (Å²) in [5.41, 5.74) is 0.755. The van der Waals surface area contributed by atoms with Crippen LogP contribution in [-0.2, 0) is 40.0 Å². The van der Waals surface area contributed by atoms with Crippen molar-refractivity contribution in [1.29, 1.82) is 0 Å². The van der Waals surface area contributed by atoms with E-state index in [0.717, 1.165) is 10.5 Å². The van der Waals surface area contributed by atoms with Crippen LogP contribution in [0.5, 0.6) is 0 Å². The summed E-state index contributed by atoms with van der Waals surface area (Å²) in [6, 6.07) is 7.90. The normalized spacial score (nSPS) is 23.5. The number of hydrogen-bond acceptors (Lipinski definition) is 9. The van der Waals surface area contributed by atoms with E-state index in [2.05, 4.69) is 0 Å². The number of nitrogens with zero attached hydrogens (tertiary/aromatic N) is 2. The first-order valence-electron chi connectivity index (χ1n) is 12.1. The lowest BCUT2D eigenvalue weighted by molar-refractivity contribution is -0.162. The number of hydrogen-bond donors (Lipinski definition) is 1. The van der Waals surface area contributed by atoms with Crippen LogP contribution in [-0.4, -0.2) is 92.4 Å². The largest absolute Gasteiger partial charge is 0.465 e. The Hall–Kier alpha value is -3.12. The number of carbonyl (C=O) groups excluding carboxylic acids is 5. The molecule has 0 unspecified atom stereocenters. The molecule has 1 aromatic rings. The van der Waals surface area contributed by atoms with Crippen LogP contribution < -0.4 is 0 Å². The van der Waals surface area contributed by atoms with Gasteiger partial charge in [0.05, 0.1) is 30.9 Å². The Kier molecular flexibility index (Phi) is 8.85. The van der Waals surface area contributed by atoms with E-state index in [9.17, 15) is 29.1 Å². The molecule has 3 rings (SSSR count). The zero-order valence-corrected chi connectivity index (χ0v) is 22.3. The third-order valence-electron chi connectivity index (χ3n) is 6.76. The fourth-order valence-corrected chi connectivity index (χ4v) is 9.18. The van der Waals surface area contributed by atoms with Gasteiger partial charge in [-0.25, -0.2) is 4.79 Å². The molecule has 3 atom stereocenters. The van der Waals surface area contributed by atoms with Gasteiger partial charge in [-0.3, -0.25) is 19.2 Å². The van der Waals surface area contributed by atoms with Gasteiger partial charge in [-0.15, -0.1) is 10.0 Å². The van der Waals surface area contributed by atoms with E-state index in [1.165, 1.54) is 4.90 Å². The first-order valence-corrected chi connectivity index (χ1v) is 13.9. The van der Waals surface area contributed by atoms with Crippen LogP contribution >= 0.6 is 10.0 Å². The van der Waals surface area contributed by atoms with Crippen LogP contribution in [0.15, 0.2) is 30.3 Å². The summed E-state index contributed by atoms with van der Waals surface area (Å²) in [6.45, 7) is 5.55. The van der Waals surface area contributed by atoms with Gasteiger partial charge in [0.25, 0.3) is 5.24 Å². The molecule has 0 saturated carbocycles. The van der Waals surface area contributed by atoms with E-state index in [1.54, 1.807) is 52.0 Å². The van der Waals surface area contributed by atoms with Crippen LogP contribution in [0.1, 0.15) is 39.7 Å². The van der Waals surface area contributed by atoms with Gasteiger partial charge < -0.3 is 29.1 Å². The van der Waals surface area contributed by atoms with Crippen molar-refractivity contribution in [2.45, 2.75) is 56.9 Å². The second-order valence-electron chi connectivity index (χ2n) is 9.21. The van der Waals surface area contributed by atoms with Gasteiger partial charge >= 0.3 is 17.9 Å². The number of esters is 3. The molecule has 2 amide bonds. The molecular weight excluding hydrogens is 504 g/mol. The van der Waals surface area contributed by atoms with E-state index in [4.69, 9.17) is 14.2 Å². The number of amides is 2. The van der Waals surface area contributed by atoms with E-state index < -0.39 is 68.4 Å². The first-order chi connectivity index (χ1) is 17.5. The molecule has 1 aromatic carbocycles. The fourth-order valence-electron chi connectivity index (χ4n) is 4.93. The molecule has 204 valence electrons. The Morgan fingerprint density at radius 2 is 1.59 bits per heavy atom. The molecule has 37 heavy (non-hydrogen) atoms. The Bertz CT molecular complexity index is 1030. The number of benzene rings is 1. The van der Waals surface area contributed by atoms with Gasteiger partial charge in [0.15, 0.2) is 0 Å². The number of carbonyl (C=O) groups is 5. The summed E-state index contributed by atoms with van der Waals surface area (Å²) < 4.78 is 14.3. The molecule has 0 spiro atoms. The van der Waals surface area contributed by atoms with Crippen LogP contribution in [0.2, 0.25) is 0 Å². The average Bonchev–Trinajstić information content (AvgIpc) is 3.02. The van der Waals surface area contributed by atoms with Crippen LogP contribution in [0.4, 0.5) is 4.79 Å². The highest BCUT2D eigenvalue weighted by atomic mass is 32.3. The van der Waals surface area contributed by atoms with E-state index in [1.807, 2.05) is 6.07 Å². The smallest absolute Gasteiger partial charge is 0.330 e. The summed E-state index contributed by atoms with van der Waals surface area (Å²) in [7, 11) is -2.90. The number of β-lactam (4-membered cyclic amide) rings is 1. The molecule has 2 aliphatic rings. The van der Waals surface area contributed by atoms with Crippen LogP contribution in [0.25, 0.3) is 0 Å². The molecule has 12 heteroatoms. The predicted molar refractivity (Wildman–Crippen MR) is 134 cm³/mol. The number of fused-ring (bicyclic) bond motifs is 1. The lowest BCUT2D eigenvalue weighted by atomic mass is 9.98. The van der Waals surface area contributed by atoms with Crippen molar-refractivity contribution in [1.82, 2.24) is 9.80 Å². The molecule has 2 aliphatic heterocycles. The summed E-state index contributed by atoms with van der Waals surface area (Å²) in [5.74, 6) is -3.13. The van der Waals surface area contributed by atoms with Gasteiger partial charge in [0.1, 0.15) is 25.7 Å². The highest BCUT2D eigenvalue weighted by molar-refractivity contribution is 8.46. The minimum absolute atomic E-state index is 0.0216. The summed E-state index contributed by atoms with van der Waals surface area (Å²) >= 11 is 0. The molecule has 11 nitrogen and oxygen atoms in total. The minimum Gasteiger partial charge on any atom is -0.465 e. The van der Waals surface area contributed by atoms with Gasteiger partial charge in [-0.2, -0.15) is 0 Å². The monoisotopic (exact) mass is 538 g/mol. The molecule has 1 N–H and O–H groups in total. The topological polar surface area (TPSA) is 140 Å². The van der Waals surface area contributed by atoms with Gasteiger partial charge in [-0.05, 0) is 33.3 Å². The quantitative estimate of drug-likeness (QED) is 0.268. The highest BCUT2D eigenvalue weighted by Gasteiger charge is 2.72. The SMILES string of the molecule is CCOC(=O)CN(CC(=O)OCC)C(=O)[S@]1(CO)[C@@H]2CC(=O)N2[C@@H](C(=O)OCc2ccccc2)C1(C)C. The van der Waals surface area contributed by atoms with Crippen molar-refractivity contribution in [2.75, 3.05) is 32.2 Å². The standard InChI is InChI=1S/C25H34N2O9S/c1-5-34-20(30)13-26(14-21(31)35-6-2)24(33)37(16-28)19-12-18(29)27(19)22(25(37,3)4)23(32)36-15-17-10-8-7-9-11-17/h7-11,19,22,28H,5-6,12-16H2,1-4H3/t19-,22+/m1/s1. The van der Waals surface area contributed by atoms with Gasteiger partial charge in [-0.1, -0.05) is 30.3 Å². The number of aliphatic hydroxyl groups excluding tert-OH is 1. The lowest BCUT2D eigenvalue weighted by Gasteiger charge is -2.50. The summed E-state index contributed by atoms with van der Waals surface area (Å²) in [5, 5.41) is 9.32. The zero-order valence-electron chi connectivity index (χ0n) is 21.5. The van der Waals surface area contributed by atoms with Crippen molar-refractivity contribution >= 4 is 39.1 Å². The van der Waals surface area contributed by atoms with Gasteiger partial charge in [0.2, 0.25) is 5.91 Å². The Labute approximate surface area is 217 Å². The fraction of sp³-hybridized carbons (Fsp3) is 0.560. The maximum absolute atomic E-state index is 14.1. The van der Waals surface area contributed by atoms with E-state index >= 15 is 0 Å². The lowest BCUT2D eigenvalue weighted by Crippen LogP contribution is -2.57. The van der Waals surface area contributed by atoms with E-state index in [0.29, 0.717) is 0 Å². The average molecular weight is 539 g/mol. The highest BCUT2D eigenvalue weighted by Crippen LogP contribution is 2.74. The summed E-state index contributed by atoms with van der Waals surface area (Å²) in [4.78, 5) is 67.1. The second-order valence-corrected chi connectivity index (χ2v) is 13.0. The van der Waals surface area contributed by atoms with Crippen molar-refractivity contribution in [3.8, 4) is 0 Å². The maximum Gasteiger partial charge on any atom is 0.330 e.